The summed E-state index contributed by atoms with van der Waals surface area (Å²) in [7, 11) is 0. The molecular formula is C10H8N2O2. The van der Waals surface area contributed by atoms with E-state index in [2.05, 4.69) is 4.99 Å². The average molecular weight is 188 g/mol. The van der Waals surface area contributed by atoms with Gasteiger partial charge in [0.2, 0.25) is 0 Å². The van der Waals surface area contributed by atoms with E-state index in [1.54, 1.807) is 23.2 Å². The molecule has 0 saturated carbocycles. The molecule has 4 nitrogen and oxygen atoms in total. The zero-order valence-electron chi connectivity index (χ0n) is 7.38. The molecule has 0 amide bonds. The van der Waals surface area contributed by atoms with Crippen LogP contribution in [0.15, 0.2) is 40.4 Å². The number of allylic oxidation sites excluding steroid dienone is 1. The third-order valence-electron chi connectivity index (χ3n) is 1.87. The predicted octanol–water partition coefficient (Wildman–Crippen LogP) is 0.690. The van der Waals surface area contributed by atoms with Crippen molar-refractivity contribution in [3.63, 3.8) is 0 Å². The molecule has 2 heterocycles. The number of aromatic nitrogens is 1. The van der Waals surface area contributed by atoms with Crippen molar-refractivity contribution >= 4 is 17.8 Å². The molecule has 0 bridgehead atoms. The lowest BCUT2D eigenvalue weighted by molar-refractivity contribution is -0.113. The minimum absolute atomic E-state index is 0.0219. The summed E-state index contributed by atoms with van der Waals surface area (Å²) < 4.78 is 1.63. The summed E-state index contributed by atoms with van der Waals surface area (Å²) in [5, 5.41) is 0. The van der Waals surface area contributed by atoms with Crippen molar-refractivity contribution in [2.75, 3.05) is 0 Å². The van der Waals surface area contributed by atoms with Gasteiger partial charge in [0.05, 0.1) is 0 Å². The van der Waals surface area contributed by atoms with Gasteiger partial charge in [-0.1, -0.05) is 0 Å². The Kier molecular flexibility index (Phi) is 2.10. The van der Waals surface area contributed by atoms with Crippen molar-refractivity contribution < 1.29 is 4.79 Å². The maximum atomic E-state index is 11.1. The standard InChI is InChI=1S/C10H8N2O2/c13-8-2-5-12(6-3-8)10-7-9(14)1-4-11-10/h2-7H,1H2. The number of carbonyl (C=O) groups is 1. The van der Waals surface area contributed by atoms with Crippen LogP contribution in [0.2, 0.25) is 0 Å². The molecule has 0 atom stereocenters. The minimum Gasteiger partial charge on any atom is -0.308 e. The van der Waals surface area contributed by atoms with Crippen LogP contribution < -0.4 is 5.43 Å². The molecular weight excluding hydrogens is 180 g/mol. The van der Waals surface area contributed by atoms with Crippen LogP contribution in [0.25, 0.3) is 5.82 Å². The second kappa shape index (κ2) is 3.41. The summed E-state index contributed by atoms with van der Waals surface area (Å²) in [6.07, 6.45) is 6.55. The largest absolute Gasteiger partial charge is 0.308 e. The highest BCUT2D eigenvalue weighted by molar-refractivity contribution is 6.05. The topological polar surface area (TPSA) is 51.4 Å². The number of hydrogen-bond acceptors (Lipinski definition) is 3. The Bertz CT molecular complexity index is 463. The van der Waals surface area contributed by atoms with Gasteiger partial charge < -0.3 is 4.57 Å². The van der Waals surface area contributed by atoms with E-state index in [1.807, 2.05) is 0 Å². The lowest BCUT2D eigenvalue weighted by Crippen LogP contribution is -2.07. The number of pyridine rings is 1. The zero-order chi connectivity index (χ0) is 9.97. The SMILES string of the molecule is O=C1C=C(n2ccc(=O)cc2)N=CC1. The third-order valence-corrected chi connectivity index (χ3v) is 1.87. The quantitative estimate of drug-likeness (QED) is 0.651. The lowest BCUT2D eigenvalue weighted by atomic mass is 10.2. The first-order chi connectivity index (χ1) is 6.75. The molecule has 1 aromatic heterocycles. The third kappa shape index (κ3) is 1.69. The highest BCUT2D eigenvalue weighted by Gasteiger charge is 2.05. The van der Waals surface area contributed by atoms with Crippen molar-refractivity contribution in [1.82, 2.24) is 4.57 Å². The number of ketones is 1. The number of carbonyl (C=O) groups excluding carboxylic acids is 1. The predicted molar refractivity (Wildman–Crippen MR) is 53.1 cm³/mol. The van der Waals surface area contributed by atoms with E-state index in [9.17, 15) is 9.59 Å². The summed E-state index contributed by atoms with van der Waals surface area (Å²) in [6, 6.07) is 2.85. The Labute approximate surface area is 80.2 Å². The summed E-state index contributed by atoms with van der Waals surface area (Å²) >= 11 is 0. The van der Waals surface area contributed by atoms with Crippen LogP contribution in [-0.4, -0.2) is 16.6 Å². The van der Waals surface area contributed by atoms with Crippen molar-refractivity contribution in [3.05, 3.63) is 40.8 Å². The fourth-order valence-electron chi connectivity index (χ4n) is 1.18. The van der Waals surface area contributed by atoms with Gasteiger partial charge in [0.25, 0.3) is 0 Å². The van der Waals surface area contributed by atoms with E-state index >= 15 is 0 Å². The lowest BCUT2D eigenvalue weighted by Gasteiger charge is -2.08. The highest BCUT2D eigenvalue weighted by atomic mass is 16.1. The van der Waals surface area contributed by atoms with E-state index in [1.165, 1.54) is 18.2 Å². The Balaban J connectivity index is 2.40. The normalized spacial score (nSPS) is 15.4. The number of nitrogens with zero attached hydrogens (tertiary/aromatic N) is 2. The van der Waals surface area contributed by atoms with E-state index in [0.29, 0.717) is 12.2 Å². The molecule has 0 aromatic carbocycles. The molecule has 0 N–H and O–H groups in total. The molecule has 2 rings (SSSR count). The molecule has 1 aliphatic rings. The second-order valence-corrected chi connectivity index (χ2v) is 2.93. The average Bonchev–Trinajstić information content (AvgIpc) is 2.19. The molecule has 0 aliphatic carbocycles. The first-order valence-electron chi connectivity index (χ1n) is 4.21. The summed E-state index contributed by atoms with van der Waals surface area (Å²) in [5.41, 5.74) is -0.0621. The summed E-state index contributed by atoms with van der Waals surface area (Å²) in [4.78, 5) is 26.0. The van der Waals surface area contributed by atoms with E-state index in [0.717, 1.165) is 0 Å². The van der Waals surface area contributed by atoms with Crippen LogP contribution in [0.3, 0.4) is 0 Å². The molecule has 0 unspecified atom stereocenters. The fourth-order valence-corrected chi connectivity index (χ4v) is 1.18. The van der Waals surface area contributed by atoms with Gasteiger partial charge in [0.15, 0.2) is 11.2 Å². The van der Waals surface area contributed by atoms with Crippen LogP contribution in [0.1, 0.15) is 6.42 Å². The number of aliphatic imine (C=N–C) groups is 1. The molecule has 1 aliphatic heterocycles. The molecule has 1 aromatic rings. The first-order valence-corrected chi connectivity index (χ1v) is 4.21. The Morgan fingerprint density at radius 2 is 1.93 bits per heavy atom. The van der Waals surface area contributed by atoms with Crippen molar-refractivity contribution in [2.24, 2.45) is 4.99 Å². The van der Waals surface area contributed by atoms with Crippen molar-refractivity contribution in [3.8, 4) is 0 Å². The second-order valence-electron chi connectivity index (χ2n) is 2.93. The fraction of sp³-hybridized carbons (Fsp3) is 0.100. The molecule has 0 saturated heterocycles. The van der Waals surface area contributed by atoms with Gasteiger partial charge in [0.1, 0.15) is 5.82 Å². The van der Waals surface area contributed by atoms with Gasteiger partial charge in [-0.3, -0.25) is 9.59 Å². The van der Waals surface area contributed by atoms with Gasteiger partial charge in [-0.05, 0) is 0 Å². The maximum absolute atomic E-state index is 11.1. The summed E-state index contributed by atoms with van der Waals surface area (Å²) in [5.74, 6) is 0.565. The van der Waals surface area contributed by atoms with Gasteiger partial charge in [0, 0.05) is 43.2 Å². The Morgan fingerprint density at radius 1 is 1.21 bits per heavy atom. The minimum atomic E-state index is -0.0621. The van der Waals surface area contributed by atoms with Crippen LogP contribution in [0.5, 0.6) is 0 Å². The van der Waals surface area contributed by atoms with E-state index < -0.39 is 0 Å². The summed E-state index contributed by atoms with van der Waals surface area (Å²) in [6.45, 7) is 0. The smallest absolute Gasteiger partial charge is 0.181 e. The molecule has 70 valence electrons. The number of hydrogen-bond donors (Lipinski definition) is 0. The molecule has 14 heavy (non-hydrogen) atoms. The van der Waals surface area contributed by atoms with Gasteiger partial charge in [-0.15, -0.1) is 0 Å². The Morgan fingerprint density at radius 3 is 2.57 bits per heavy atom. The van der Waals surface area contributed by atoms with Crippen LogP contribution in [0, 0.1) is 0 Å². The first kappa shape index (κ1) is 8.62. The van der Waals surface area contributed by atoms with Crippen LogP contribution >= 0.6 is 0 Å². The van der Waals surface area contributed by atoms with Crippen molar-refractivity contribution in [2.45, 2.75) is 6.42 Å². The Hall–Kier alpha value is -1.97. The van der Waals surface area contributed by atoms with Crippen molar-refractivity contribution in [1.29, 1.82) is 0 Å². The highest BCUT2D eigenvalue weighted by Crippen LogP contribution is 2.08. The van der Waals surface area contributed by atoms with E-state index in [4.69, 9.17) is 0 Å². The molecule has 0 radical (unpaired) electrons. The number of rotatable bonds is 1. The van der Waals surface area contributed by atoms with Crippen LogP contribution in [0.4, 0.5) is 0 Å². The van der Waals surface area contributed by atoms with Gasteiger partial charge in [-0.2, -0.15) is 0 Å². The van der Waals surface area contributed by atoms with E-state index in [-0.39, 0.29) is 11.2 Å². The molecule has 0 spiro atoms. The molecule has 4 heteroatoms. The van der Waals surface area contributed by atoms with Crippen LogP contribution in [-0.2, 0) is 4.79 Å². The monoisotopic (exact) mass is 188 g/mol. The molecule has 0 fully saturated rings. The zero-order valence-corrected chi connectivity index (χ0v) is 7.38. The maximum Gasteiger partial charge on any atom is 0.181 e. The van der Waals surface area contributed by atoms with Gasteiger partial charge in [-0.25, -0.2) is 4.99 Å². The van der Waals surface area contributed by atoms with Gasteiger partial charge >= 0.3 is 0 Å².